The zero-order valence-corrected chi connectivity index (χ0v) is 21.4. The summed E-state index contributed by atoms with van der Waals surface area (Å²) in [6.07, 6.45) is 7.37. The second-order valence-electron chi connectivity index (χ2n) is 8.59. The quantitative estimate of drug-likeness (QED) is 0.353. The van der Waals surface area contributed by atoms with Crippen LogP contribution < -0.4 is 4.72 Å². The van der Waals surface area contributed by atoms with E-state index in [1.54, 1.807) is 36.4 Å². The van der Waals surface area contributed by atoms with Gasteiger partial charge in [0.2, 0.25) is 5.91 Å². The van der Waals surface area contributed by atoms with Gasteiger partial charge in [0.1, 0.15) is 4.90 Å². The molecule has 36 heavy (non-hydrogen) atoms. The van der Waals surface area contributed by atoms with Crippen LogP contribution in [0, 0.1) is 0 Å². The van der Waals surface area contributed by atoms with Gasteiger partial charge in [-0.25, -0.2) is 13.1 Å². The van der Waals surface area contributed by atoms with Gasteiger partial charge < -0.3 is 0 Å². The van der Waals surface area contributed by atoms with Gasteiger partial charge in [0, 0.05) is 28.0 Å². The van der Waals surface area contributed by atoms with Crippen LogP contribution in [0.3, 0.4) is 0 Å². The minimum Gasteiger partial charge on any atom is -0.274 e. The van der Waals surface area contributed by atoms with Crippen LogP contribution in [-0.4, -0.2) is 29.1 Å². The van der Waals surface area contributed by atoms with E-state index in [2.05, 4.69) is 14.8 Å². The van der Waals surface area contributed by atoms with E-state index < -0.39 is 15.9 Å². The van der Waals surface area contributed by atoms with E-state index in [1.165, 1.54) is 12.3 Å². The number of pyridine rings is 1. The predicted molar refractivity (Wildman–Crippen MR) is 140 cm³/mol. The largest absolute Gasteiger partial charge is 0.274 e. The van der Waals surface area contributed by atoms with Crippen molar-refractivity contribution in [3.8, 4) is 0 Å². The number of aromatic nitrogens is 3. The maximum absolute atomic E-state index is 12.8. The van der Waals surface area contributed by atoms with Gasteiger partial charge in [-0.3, -0.25) is 14.5 Å². The number of halogens is 2. The van der Waals surface area contributed by atoms with Gasteiger partial charge in [-0.1, -0.05) is 53.5 Å². The predicted octanol–water partition coefficient (Wildman–Crippen LogP) is 5.40. The molecule has 0 atom stereocenters. The Hall–Kier alpha value is -3.20. The number of para-hydroxylation sites is 1. The molecule has 2 heterocycles. The minimum absolute atomic E-state index is 0.0555. The van der Waals surface area contributed by atoms with Crippen molar-refractivity contribution in [1.82, 2.24) is 19.5 Å². The first-order valence-corrected chi connectivity index (χ1v) is 13.6. The van der Waals surface area contributed by atoms with Gasteiger partial charge in [0.15, 0.2) is 0 Å². The van der Waals surface area contributed by atoms with Crippen LogP contribution in [0.5, 0.6) is 0 Å². The number of aryl methyl sites for hydroxylation is 1. The molecule has 0 bridgehead atoms. The molecule has 1 aliphatic rings. The first-order chi connectivity index (χ1) is 17.3. The van der Waals surface area contributed by atoms with E-state index >= 15 is 0 Å². The van der Waals surface area contributed by atoms with Crippen LogP contribution >= 0.6 is 23.2 Å². The zero-order chi connectivity index (χ0) is 25.3. The molecule has 1 amide bonds. The number of sulfonamides is 1. The number of hydrogen-bond donors (Lipinski definition) is 1. The average Bonchev–Trinajstić information content (AvgIpc) is 3.27. The fourth-order valence-electron chi connectivity index (χ4n) is 4.36. The molecule has 0 radical (unpaired) electrons. The van der Waals surface area contributed by atoms with E-state index in [0.29, 0.717) is 27.5 Å². The van der Waals surface area contributed by atoms with Crippen molar-refractivity contribution in [3.63, 3.8) is 0 Å². The Morgan fingerprint density at radius 2 is 1.92 bits per heavy atom. The van der Waals surface area contributed by atoms with Crippen LogP contribution in [-0.2, 0) is 27.8 Å². The Kier molecular flexibility index (Phi) is 6.83. The standard InChI is InChI=1S/C26H22Cl2N4O3S/c27-21-10-8-20(23(28)13-21)16-32-26-17(5-3-6-19(26)14-30-32)9-11-25(33)31-36(34,35)22-12-18-4-1-2-7-24(18)29-15-22/h1-2,4,7-10,12-15H,3,5-6,11,16H2,(H,31,33)/b17-9+. The Bertz CT molecular complexity index is 1610. The summed E-state index contributed by atoms with van der Waals surface area (Å²) in [4.78, 5) is 16.8. The molecule has 2 aromatic carbocycles. The summed E-state index contributed by atoms with van der Waals surface area (Å²) >= 11 is 12.4. The summed E-state index contributed by atoms with van der Waals surface area (Å²) in [6, 6.07) is 14.0. The van der Waals surface area contributed by atoms with E-state index in [4.69, 9.17) is 23.2 Å². The number of nitrogens with one attached hydrogen (secondary N) is 1. The van der Waals surface area contributed by atoms with Crippen molar-refractivity contribution in [2.24, 2.45) is 0 Å². The molecule has 0 saturated heterocycles. The third-order valence-electron chi connectivity index (χ3n) is 6.10. The van der Waals surface area contributed by atoms with Gasteiger partial charge >= 0.3 is 0 Å². The second-order valence-corrected chi connectivity index (χ2v) is 11.1. The fraction of sp³-hybridized carbons (Fsp3) is 0.192. The first-order valence-electron chi connectivity index (χ1n) is 11.4. The van der Waals surface area contributed by atoms with Crippen molar-refractivity contribution >= 4 is 55.6 Å². The number of carbonyl (C=O) groups excluding carboxylic acids is 1. The highest BCUT2D eigenvalue weighted by atomic mass is 35.5. The number of allylic oxidation sites excluding steroid dienone is 1. The summed E-state index contributed by atoms with van der Waals surface area (Å²) in [5.74, 6) is -0.616. The van der Waals surface area contributed by atoms with Crippen LogP contribution in [0.2, 0.25) is 10.0 Å². The Morgan fingerprint density at radius 1 is 1.08 bits per heavy atom. The topological polar surface area (TPSA) is 94.0 Å². The Balaban J connectivity index is 1.33. The summed E-state index contributed by atoms with van der Waals surface area (Å²) < 4.78 is 29.6. The first kappa shape index (κ1) is 24.5. The molecule has 0 unspecified atom stereocenters. The number of nitrogens with zero attached hydrogens (tertiary/aromatic N) is 3. The maximum atomic E-state index is 12.8. The van der Waals surface area contributed by atoms with E-state index in [1.807, 2.05) is 23.0 Å². The SMILES string of the molecule is O=C(C/C=C1\CCCc2cnn(Cc3ccc(Cl)cc3Cl)c21)NS(=O)(=O)c1cnc2ccccc2c1. The summed E-state index contributed by atoms with van der Waals surface area (Å²) in [7, 11) is -4.05. The molecule has 0 spiro atoms. The third-order valence-corrected chi connectivity index (χ3v) is 8.03. The second kappa shape index (κ2) is 10.0. The molecule has 7 nitrogen and oxygen atoms in total. The number of rotatable bonds is 6. The van der Waals surface area contributed by atoms with Gasteiger partial charge in [-0.05, 0) is 60.2 Å². The van der Waals surface area contributed by atoms with Crippen LogP contribution in [0.4, 0.5) is 0 Å². The molecule has 1 aliphatic carbocycles. The summed E-state index contributed by atoms with van der Waals surface area (Å²) in [5.41, 5.74) is 4.55. The highest BCUT2D eigenvalue weighted by Gasteiger charge is 2.22. The van der Waals surface area contributed by atoms with Gasteiger partial charge in [0.25, 0.3) is 10.0 Å². The van der Waals surface area contributed by atoms with Crippen molar-refractivity contribution in [2.75, 3.05) is 0 Å². The molecule has 10 heteroatoms. The van der Waals surface area contributed by atoms with E-state index in [9.17, 15) is 13.2 Å². The smallest absolute Gasteiger partial charge is 0.265 e. The molecular weight excluding hydrogens is 519 g/mol. The molecular formula is C26H22Cl2N4O3S. The summed E-state index contributed by atoms with van der Waals surface area (Å²) in [6.45, 7) is 0.457. The minimum atomic E-state index is -4.05. The lowest BCUT2D eigenvalue weighted by Crippen LogP contribution is -2.30. The van der Waals surface area contributed by atoms with Gasteiger partial charge in [-0.2, -0.15) is 5.10 Å². The number of fused-ring (bicyclic) bond motifs is 2. The van der Waals surface area contributed by atoms with Gasteiger partial charge in [0.05, 0.1) is 24.0 Å². The van der Waals surface area contributed by atoms with Crippen LogP contribution in [0.25, 0.3) is 16.5 Å². The molecule has 0 aliphatic heterocycles. The number of carbonyl (C=O) groups is 1. The van der Waals surface area contributed by atoms with Crippen molar-refractivity contribution < 1.29 is 13.2 Å². The molecule has 0 saturated carbocycles. The lowest BCUT2D eigenvalue weighted by Gasteiger charge is -2.18. The molecule has 5 rings (SSSR count). The summed E-state index contributed by atoms with van der Waals surface area (Å²) in [5, 5.41) is 6.34. The van der Waals surface area contributed by atoms with Gasteiger partial charge in [-0.15, -0.1) is 0 Å². The molecule has 0 fully saturated rings. The fourth-order valence-corrected chi connectivity index (χ4v) is 5.80. The van der Waals surface area contributed by atoms with E-state index in [-0.39, 0.29) is 11.3 Å². The average molecular weight is 541 g/mol. The number of amides is 1. The lowest BCUT2D eigenvalue weighted by molar-refractivity contribution is -0.118. The normalized spacial score (nSPS) is 14.7. The third kappa shape index (κ3) is 5.16. The van der Waals surface area contributed by atoms with Crippen LogP contribution in [0.1, 0.15) is 36.1 Å². The molecule has 184 valence electrons. The van der Waals surface area contributed by atoms with Crippen molar-refractivity contribution in [2.45, 2.75) is 37.1 Å². The zero-order valence-electron chi connectivity index (χ0n) is 19.1. The number of benzene rings is 2. The highest BCUT2D eigenvalue weighted by molar-refractivity contribution is 7.90. The van der Waals surface area contributed by atoms with E-state index in [0.717, 1.165) is 41.7 Å². The maximum Gasteiger partial charge on any atom is 0.265 e. The highest BCUT2D eigenvalue weighted by Crippen LogP contribution is 2.32. The Labute approximate surface area is 218 Å². The van der Waals surface area contributed by atoms with Crippen LogP contribution in [0.15, 0.2) is 71.9 Å². The molecule has 2 aromatic heterocycles. The van der Waals surface area contributed by atoms with Crippen molar-refractivity contribution in [1.29, 1.82) is 0 Å². The Morgan fingerprint density at radius 3 is 2.75 bits per heavy atom. The lowest BCUT2D eigenvalue weighted by atomic mass is 9.92. The number of hydrogen-bond acceptors (Lipinski definition) is 5. The molecule has 1 N–H and O–H groups in total. The molecule has 4 aromatic rings. The monoisotopic (exact) mass is 540 g/mol. The van der Waals surface area contributed by atoms with Crippen molar-refractivity contribution in [3.05, 3.63) is 93.9 Å².